The third kappa shape index (κ3) is 3.02. The number of carbonyl (C=O) groups is 1. The molecule has 1 N–H and O–H groups in total. The van der Waals surface area contributed by atoms with Gasteiger partial charge >= 0.3 is 5.97 Å². The molecule has 106 valence electrons. The molecule has 1 aromatic carbocycles. The largest absolute Gasteiger partial charge is 0.475 e. The van der Waals surface area contributed by atoms with Crippen LogP contribution >= 0.6 is 0 Å². The van der Waals surface area contributed by atoms with Crippen molar-refractivity contribution in [2.24, 2.45) is 0 Å². The third-order valence-electron chi connectivity index (χ3n) is 2.95. The number of hydrogen-bond donors (Lipinski definition) is 1. The summed E-state index contributed by atoms with van der Waals surface area (Å²) in [5.41, 5.74) is 2.03. The standard InChI is InChI=1S/C16H18O4/c1-10-5-6-11(16(2,3)4)13(9-10)20-14-8-7-12(19-14)15(17)18/h5-9H,1-4H3,(H,17,18). The summed E-state index contributed by atoms with van der Waals surface area (Å²) >= 11 is 0. The molecule has 0 unspecified atom stereocenters. The molecule has 4 nitrogen and oxygen atoms in total. The van der Waals surface area contributed by atoms with Gasteiger partial charge in [0.1, 0.15) is 5.75 Å². The highest BCUT2D eigenvalue weighted by Crippen LogP contribution is 2.35. The summed E-state index contributed by atoms with van der Waals surface area (Å²) in [6, 6.07) is 8.86. The van der Waals surface area contributed by atoms with E-state index in [4.69, 9.17) is 14.3 Å². The van der Waals surface area contributed by atoms with Gasteiger partial charge in [-0.1, -0.05) is 32.9 Å². The minimum absolute atomic E-state index is 0.0781. The molecule has 0 saturated heterocycles. The van der Waals surface area contributed by atoms with Gasteiger partial charge in [-0.25, -0.2) is 4.79 Å². The van der Waals surface area contributed by atoms with Crippen molar-refractivity contribution in [1.29, 1.82) is 0 Å². The normalized spacial score (nSPS) is 11.4. The van der Waals surface area contributed by atoms with E-state index in [0.717, 1.165) is 11.1 Å². The molecule has 2 aromatic rings. The van der Waals surface area contributed by atoms with Crippen LogP contribution in [-0.4, -0.2) is 11.1 Å². The molecule has 20 heavy (non-hydrogen) atoms. The molecule has 2 rings (SSSR count). The van der Waals surface area contributed by atoms with Crippen molar-refractivity contribution in [3.63, 3.8) is 0 Å². The molecule has 0 atom stereocenters. The van der Waals surface area contributed by atoms with Crippen molar-refractivity contribution in [3.05, 3.63) is 47.2 Å². The minimum atomic E-state index is -1.11. The molecular formula is C16H18O4. The maximum Gasteiger partial charge on any atom is 0.371 e. The third-order valence-corrected chi connectivity index (χ3v) is 2.95. The maximum absolute atomic E-state index is 10.8. The second-order valence-electron chi connectivity index (χ2n) is 5.78. The van der Waals surface area contributed by atoms with Gasteiger partial charge in [-0.15, -0.1) is 0 Å². The first-order valence-corrected chi connectivity index (χ1v) is 6.39. The monoisotopic (exact) mass is 274 g/mol. The predicted octanol–water partition coefficient (Wildman–Crippen LogP) is 4.38. The van der Waals surface area contributed by atoms with Crippen molar-refractivity contribution in [1.82, 2.24) is 0 Å². The molecule has 0 aliphatic heterocycles. The molecule has 1 aromatic heterocycles. The second-order valence-corrected chi connectivity index (χ2v) is 5.78. The highest BCUT2D eigenvalue weighted by molar-refractivity contribution is 5.84. The number of furan rings is 1. The van der Waals surface area contributed by atoms with Gasteiger partial charge < -0.3 is 14.3 Å². The zero-order chi connectivity index (χ0) is 14.9. The Bertz CT molecular complexity index is 632. The number of aryl methyl sites for hydroxylation is 1. The lowest BCUT2D eigenvalue weighted by Gasteiger charge is -2.22. The number of ether oxygens (including phenoxy) is 1. The Labute approximate surface area is 118 Å². The van der Waals surface area contributed by atoms with Gasteiger partial charge in [0.2, 0.25) is 5.76 Å². The first kappa shape index (κ1) is 14.2. The Morgan fingerprint density at radius 1 is 1.20 bits per heavy atom. The fourth-order valence-corrected chi connectivity index (χ4v) is 1.93. The molecule has 0 aliphatic carbocycles. The number of hydrogen-bond acceptors (Lipinski definition) is 3. The average Bonchev–Trinajstić information content (AvgIpc) is 2.76. The molecule has 0 radical (unpaired) electrons. The average molecular weight is 274 g/mol. The smallest absolute Gasteiger partial charge is 0.371 e. The Kier molecular flexibility index (Phi) is 3.57. The van der Waals surface area contributed by atoms with Crippen LogP contribution in [-0.2, 0) is 5.41 Å². The summed E-state index contributed by atoms with van der Waals surface area (Å²) in [5, 5.41) is 8.84. The molecule has 0 amide bonds. The zero-order valence-corrected chi connectivity index (χ0v) is 12.1. The van der Waals surface area contributed by atoms with Gasteiger partial charge in [-0.2, -0.15) is 0 Å². The van der Waals surface area contributed by atoms with E-state index in [1.165, 1.54) is 12.1 Å². The van der Waals surface area contributed by atoms with E-state index >= 15 is 0 Å². The summed E-state index contributed by atoms with van der Waals surface area (Å²) < 4.78 is 10.9. The first-order chi connectivity index (χ1) is 9.27. The van der Waals surface area contributed by atoms with Gasteiger partial charge in [0, 0.05) is 11.6 Å². The summed E-state index contributed by atoms with van der Waals surface area (Å²) in [4.78, 5) is 10.8. The summed E-state index contributed by atoms with van der Waals surface area (Å²) in [6.07, 6.45) is 0. The van der Waals surface area contributed by atoms with Crippen LogP contribution < -0.4 is 4.74 Å². The van der Waals surface area contributed by atoms with Crippen molar-refractivity contribution >= 4 is 5.97 Å². The van der Waals surface area contributed by atoms with E-state index in [1.54, 1.807) is 0 Å². The molecular weight excluding hydrogens is 256 g/mol. The Morgan fingerprint density at radius 3 is 2.45 bits per heavy atom. The van der Waals surface area contributed by atoms with E-state index in [2.05, 4.69) is 20.8 Å². The van der Waals surface area contributed by atoms with E-state index in [-0.39, 0.29) is 17.1 Å². The molecule has 0 aliphatic rings. The second kappa shape index (κ2) is 5.04. The lowest BCUT2D eigenvalue weighted by Crippen LogP contribution is -2.12. The fourth-order valence-electron chi connectivity index (χ4n) is 1.93. The van der Waals surface area contributed by atoms with E-state index in [1.807, 2.05) is 25.1 Å². The Morgan fingerprint density at radius 2 is 1.90 bits per heavy atom. The number of benzene rings is 1. The van der Waals surface area contributed by atoms with Crippen LogP contribution in [0.25, 0.3) is 0 Å². The maximum atomic E-state index is 10.8. The molecule has 4 heteroatoms. The minimum Gasteiger partial charge on any atom is -0.475 e. The topological polar surface area (TPSA) is 59.7 Å². The van der Waals surface area contributed by atoms with E-state index in [0.29, 0.717) is 5.75 Å². The molecule has 0 bridgehead atoms. The van der Waals surface area contributed by atoms with Gasteiger partial charge in [0.15, 0.2) is 0 Å². The van der Waals surface area contributed by atoms with Crippen LogP contribution in [0.5, 0.6) is 11.7 Å². The van der Waals surface area contributed by atoms with Crippen molar-refractivity contribution in [2.45, 2.75) is 33.1 Å². The quantitative estimate of drug-likeness (QED) is 0.902. The number of carboxylic acids is 1. The molecule has 0 saturated carbocycles. The van der Waals surface area contributed by atoms with E-state index < -0.39 is 5.97 Å². The van der Waals surface area contributed by atoms with Crippen LogP contribution in [0.2, 0.25) is 0 Å². The van der Waals surface area contributed by atoms with Crippen molar-refractivity contribution in [2.75, 3.05) is 0 Å². The van der Waals surface area contributed by atoms with Gasteiger partial charge in [0.25, 0.3) is 5.95 Å². The highest BCUT2D eigenvalue weighted by atomic mass is 16.6. The van der Waals surface area contributed by atoms with Crippen molar-refractivity contribution in [3.8, 4) is 11.7 Å². The summed E-state index contributed by atoms with van der Waals surface area (Å²) in [6.45, 7) is 8.25. The highest BCUT2D eigenvalue weighted by Gasteiger charge is 2.20. The first-order valence-electron chi connectivity index (χ1n) is 6.39. The summed E-state index contributed by atoms with van der Waals surface area (Å²) in [7, 11) is 0. The van der Waals surface area contributed by atoms with Crippen LogP contribution in [0.1, 0.15) is 42.5 Å². The summed E-state index contributed by atoms with van der Waals surface area (Å²) in [5.74, 6) is -0.382. The number of aromatic carboxylic acids is 1. The SMILES string of the molecule is Cc1ccc(C(C)(C)C)c(Oc2ccc(C(=O)O)o2)c1. The van der Waals surface area contributed by atoms with Crippen LogP contribution in [0.3, 0.4) is 0 Å². The van der Waals surface area contributed by atoms with Crippen molar-refractivity contribution < 1.29 is 19.1 Å². The Balaban J connectivity index is 2.36. The van der Waals surface area contributed by atoms with Crippen LogP contribution in [0, 0.1) is 6.92 Å². The zero-order valence-electron chi connectivity index (χ0n) is 12.1. The molecule has 1 heterocycles. The number of rotatable bonds is 3. The molecule has 0 fully saturated rings. The molecule has 0 spiro atoms. The van der Waals surface area contributed by atoms with Gasteiger partial charge in [0.05, 0.1) is 0 Å². The lowest BCUT2D eigenvalue weighted by atomic mass is 9.86. The fraction of sp³-hybridized carbons (Fsp3) is 0.312. The lowest BCUT2D eigenvalue weighted by molar-refractivity contribution is 0.0657. The predicted molar refractivity (Wildman–Crippen MR) is 75.6 cm³/mol. The van der Waals surface area contributed by atoms with Crippen LogP contribution in [0.4, 0.5) is 0 Å². The van der Waals surface area contributed by atoms with Gasteiger partial charge in [-0.05, 0) is 30.0 Å². The Hall–Kier alpha value is -2.23. The van der Waals surface area contributed by atoms with Gasteiger partial charge in [-0.3, -0.25) is 0 Å². The number of carboxylic acid groups (broad SMARTS) is 1. The van der Waals surface area contributed by atoms with E-state index in [9.17, 15) is 4.79 Å². The van der Waals surface area contributed by atoms with Crippen LogP contribution in [0.15, 0.2) is 34.7 Å².